The molecule has 1 saturated heterocycles. The van der Waals surface area contributed by atoms with Gasteiger partial charge in [-0.25, -0.2) is 0 Å². The lowest BCUT2D eigenvalue weighted by atomic mass is 9.34. The van der Waals surface area contributed by atoms with Gasteiger partial charge < -0.3 is 4.74 Å². The van der Waals surface area contributed by atoms with Crippen molar-refractivity contribution < 1.29 is 14.3 Å². The van der Waals surface area contributed by atoms with Gasteiger partial charge in [0.1, 0.15) is 10.8 Å². The third-order valence-electron chi connectivity index (χ3n) is 4.34. The highest BCUT2D eigenvalue weighted by atomic mass is 16.6. The molecule has 0 bridgehead atoms. The summed E-state index contributed by atoms with van der Waals surface area (Å²) in [7, 11) is 0. The van der Waals surface area contributed by atoms with E-state index in [-0.39, 0.29) is 23.8 Å². The molecule has 4 unspecified atom stereocenters. The summed E-state index contributed by atoms with van der Waals surface area (Å²) in [6.07, 6.45) is 11.4. The van der Waals surface area contributed by atoms with Gasteiger partial charge in [0.25, 0.3) is 0 Å². The molecular formula is C12H8O3. The van der Waals surface area contributed by atoms with Crippen LogP contribution in [0.2, 0.25) is 0 Å². The summed E-state index contributed by atoms with van der Waals surface area (Å²) in [5, 5.41) is 0. The first-order valence-corrected chi connectivity index (χ1v) is 5.05. The van der Waals surface area contributed by atoms with Gasteiger partial charge in [-0.05, 0) is 0 Å². The van der Waals surface area contributed by atoms with Crippen LogP contribution in [0.25, 0.3) is 0 Å². The summed E-state index contributed by atoms with van der Waals surface area (Å²) in [5.74, 6) is -0.423. The maximum Gasteiger partial charge on any atom is 0.325 e. The fourth-order valence-electron chi connectivity index (χ4n) is 3.57. The molecule has 1 saturated carbocycles. The van der Waals surface area contributed by atoms with Crippen LogP contribution in [0.4, 0.5) is 0 Å². The van der Waals surface area contributed by atoms with E-state index in [1.54, 1.807) is 0 Å². The zero-order chi connectivity index (χ0) is 10.3. The Morgan fingerprint density at radius 1 is 0.933 bits per heavy atom. The van der Waals surface area contributed by atoms with Gasteiger partial charge in [-0.15, -0.1) is 0 Å². The van der Waals surface area contributed by atoms with Gasteiger partial charge in [0, 0.05) is 11.8 Å². The normalized spacial score (nSPS) is 52.5. The Hall–Kier alpha value is -1.64. The van der Waals surface area contributed by atoms with Gasteiger partial charge >= 0.3 is 11.9 Å². The highest BCUT2D eigenvalue weighted by Crippen LogP contribution is 2.75. The number of esters is 2. The first kappa shape index (κ1) is 7.63. The van der Waals surface area contributed by atoms with Crippen molar-refractivity contribution in [2.24, 2.45) is 22.7 Å². The lowest BCUT2D eigenvalue weighted by Crippen LogP contribution is -2.67. The van der Waals surface area contributed by atoms with Gasteiger partial charge in [-0.2, -0.15) is 0 Å². The number of hydrogen-bond acceptors (Lipinski definition) is 3. The van der Waals surface area contributed by atoms with Crippen LogP contribution in [-0.2, 0) is 14.3 Å². The third kappa shape index (κ3) is 0.466. The summed E-state index contributed by atoms with van der Waals surface area (Å²) in [6.45, 7) is 0. The molecule has 2 fully saturated rings. The third-order valence-corrected chi connectivity index (χ3v) is 4.34. The lowest BCUT2D eigenvalue weighted by Gasteiger charge is -2.62. The maximum absolute atomic E-state index is 11.8. The topological polar surface area (TPSA) is 43.4 Å². The van der Waals surface area contributed by atoms with Crippen LogP contribution in [0.5, 0.6) is 0 Å². The fraction of sp³-hybridized carbons (Fsp3) is 0.333. The van der Waals surface area contributed by atoms with Crippen molar-refractivity contribution >= 4 is 11.9 Å². The zero-order valence-electron chi connectivity index (χ0n) is 7.84. The lowest BCUT2D eigenvalue weighted by molar-refractivity contribution is -0.157. The van der Waals surface area contributed by atoms with Crippen LogP contribution in [0.3, 0.4) is 0 Å². The minimum atomic E-state index is -0.710. The molecule has 0 N–H and O–H groups in total. The Balaban J connectivity index is 2.06. The van der Waals surface area contributed by atoms with Gasteiger partial charge in [0.2, 0.25) is 0 Å². The van der Waals surface area contributed by atoms with E-state index < -0.39 is 10.8 Å². The van der Waals surface area contributed by atoms with Gasteiger partial charge in [-0.1, -0.05) is 36.5 Å². The molecule has 0 aromatic carbocycles. The van der Waals surface area contributed by atoms with Gasteiger partial charge in [-0.3, -0.25) is 9.59 Å². The van der Waals surface area contributed by atoms with Crippen LogP contribution in [-0.4, -0.2) is 11.9 Å². The first-order valence-electron chi connectivity index (χ1n) is 5.05. The molecule has 1 aliphatic heterocycles. The fourth-order valence-corrected chi connectivity index (χ4v) is 3.57. The molecule has 0 spiro atoms. The molecule has 3 heteroatoms. The van der Waals surface area contributed by atoms with Crippen LogP contribution in [0.15, 0.2) is 36.5 Å². The van der Waals surface area contributed by atoms with E-state index in [9.17, 15) is 9.59 Å². The average molecular weight is 200 g/mol. The second-order valence-electron chi connectivity index (χ2n) is 4.57. The van der Waals surface area contributed by atoms with Crippen LogP contribution < -0.4 is 0 Å². The van der Waals surface area contributed by atoms with E-state index in [0.717, 1.165) is 0 Å². The largest absolute Gasteiger partial charge is 0.392 e. The van der Waals surface area contributed by atoms with E-state index >= 15 is 0 Å². The SMILES string of the molecule is O=C1OC(=O)C23C=CC=CC12C1C=CC13. The molecule has 1 heterocycles. The number of cyclic esters (lactones) is 2. The highest BCUT2D eigenvalue weighted by Gasteiger charge is 2.83. The molecule has 0 radical (unpaired) electrons. The molecule has 4 atom stereocenters. The second kappa shape index (κ2) is 1.85. The summed E-state index contributed by atoms with van der Waals surface area (Å²) >= 11 is 0. The van der Waals surface area contributed by atoms with Crippen LogP contribution in [0.1, 0.15) is 0 Å². The van der Waals surface area contributed by atoms with Crippen molar-refractivity contribution in [2.75, 3.05) is 0 Å². The predicted molar refractivity (Wildman–Crippen MR) is 50.4 cm³/mol. The molecule has 74 valence electrons. The standard InChI is InChI=1S/C12H8O3/c13-9-11-5-1-2-6-12(11,10(14)15-9)8-4-3-7(8)11/h1-8H. The number of fused-ring (bicyclic) bond motifs is 1. The predicted octanol–water partition coefficient (Wildman–Crippen LogP) is 0.984. The smallest absolute Gasteiger partial charge is 0.325 e. The van der Waals surface area contributed by atoms with Gasteiger partial charge in [0.15, 0.2) is 0 Å². The van der Waals surface area contributed by atoms with Crippen molar-refractivity contribution in [1.29, 1.82) is 0 Å². The Morgan fingerprint density at radius 3 is 1.80 bits per heavy atom. The van der Waals surface area contributed by atoms with Crippen molar-refractivity contribution in [1.82, 2.24) is 0 Å². The van der Waals surface area contributed by atoms with E-state index in [4.69, 9.17) is 4.74 Å². The van der Waals surface area contributed by atoms with Crippen molar-refractivity contribution in [2.45, 2.75) is 0 Å². The van der Waals surface area contributed by atoms with E-state index in [0.29, 0.717) is 0 Å². The number of carbonyl (C=O) groups is 2. The molecular weight excluding hydrogens is 192 g/mol. The molecule has 3 nitrogen and oxygen atoms in total. The van der Waals surface area contributed by atoms with Crippen molar-refractivity contribution in [3.8, 4) is 0 Å². The molecule has 0 amide bonds. The summed E-state index contributed by atoms with van der Waals surface area (Å²) in [5.41, 5.74) is -1.42. The summed E-state index contributed by atoms with van der Waals surface area (Å²) < 4.78 is 4.84. The van der Waals surface area contributed by atoms with E-state index in [2.05, 4.69) is 0 Å². The number of rotatable bonds is 0. The monoisotopic (exact) mass is 200 g/mol. The van der Waals surface area contributed by atoms with Crippen molar-refractivity contribution in [3.63, 3.8) is 0 Å². The summed E-state index contributed by atoms with van der Waals surface area (Å²) in [6, 6.07) is 0. The number of ether oxygens (including phenoxy) is 1. The maximum atomic E-state index is 11.8. The molecule has 4 rings (SSSR count). The van der Waals surface area contributed by atoms with E-state index in [1.165, 1.54) is 0 Å². The molecule has 3 aliphatic carbocycles. The van der Waals surface area contributed by atoms with Gasteiger partial charge in [0.05, 0.1) is 0 Å². The Bertz CT molecular complexity index is 455. The molecule has 0 aromatic heterocycles. The number of hydrogen-bond donors (Lipinski definition) is 0. The van der Waals surface area contributed by atoms with E-state index in [1.807, 2.05) is 36.5 Å². The molecule has 15 heavy (non-hydrogen) atoms. The Morgan fingerprint density at radius 2 is 1.40 bits per heavy atom. The first-order chi connectivity index (χ1) is 7.23. The molecule has 0 aromatic rings. The zero-order valence-corrected chi connectivity index (χ0v) is 7.84. The number of allylic oxidation sites excluding steroid dienone is 4. The highest BCUT2D eigenvalue weighted by molar-refractivity contribution is 6.08. The quantitative estimate of drug-likeness (QED) is 0.332. The minimum Gasteiger partial charge on any atom is -0.392 e. The minimum absolute atomic E-state index is 0.164. The summed E-state index contributed by atoms with van der Waals surface area (Å²) in [4.78, 5) is 23.6. The molecule has 4 aliphatic rings. The Labute approximate surface area is 86.1 Å². The van der Waals surface area contributed by atoms with Crippen molar-refractivity contribution in [3.05, 3.63) is 36.5 Å². The Kier molecular flexibility index (Phi) is 0.941. The number of carbonyl (C=O) groups excluding carboxylic acids is 2. The second-order valence-corrected chi connectivity index (χ2v) is 4.57. The van der Waals surface area contributed by atoms with Crippen LogP contribution >= 0.6 is 0 Å². The average Bonchev–Trinajstić information content (AvgIpc) is 2.35. The van der Waals surface area contributed by atoms with Crippen LogP contribution in [0, 0.1) is 22.7 Å².